The number of hydrogen-bond acceptors (Lipinski definition) is 6. The molecule has 0 radical (unpaired) electrons. The highest BCUT2D eigenvalue weighted by molar-refractivity contribution is 5.39. The monoisotopic (exact) mass is 284 g/mol. The first-order valence-electron chi connectivity index (χ1n) is 7.40. The summed E-state index contributed by atoms with van der Waals surface area (Å²) >= 11 is 0. The van der Waals surface area contributed by atoms with Crippen molar-refractivity contribution in [3.63, 3.8) is 0 Å². The molecule has 0 amide bonds. The molecule has 1 atom stereocenters. The van der Waals surface area contributed by atoms with Crippen LogP contribution in [-0.4, -0.2) is 33.3 Å². The van der Waals surface area contributed by atoms with Crippen molar-refractivity contribution in [1.82, 2.24) is 20.2 Å². The Bertz CT molecular complexity index is 573. The number of piperidine rings is 1. The number of anilines is 2. The summed E-state index contributed by atoms with van der Waals surface area (Å²) < 4.78 is 0. The standard InChI is InChI=1S/C15H20N6/c1-12-5-4-8-21(11-12)15-19-14(10-18-20-15)17-9-13-6-2-3-7-16-13/h2-3,6-7,10,12H,4-5,8-9,11H2,1H3,(H,17,19,20). The van der Waals surface area contributed by atoms with Gasteiger partial charge in [0, 0.05) is 19.3 Å². The normalized spacial score (nSPS) is 18.5. The van der Waals surface area contributed by atoms with Crippen molar-refractivity contribution in [2.75, 3.05) is 23.3 Å². The first-order chi connectivity index (χ1) is 10.3. The van der Waals surface area contributed by atoms with Crippen molar-refractivity contribution in [3.8, 4) is 0 Å². The summed E-state index contributed by atoms with van der Waals surface area (Å²) in [6.07, 6.45) is 5.91. The van der Waals surface area contributed by atoms with Crippen molar-refractivity contribution in [2.45, 2.75) is 26.3 Å². The number of pyridine rings is 1. The second kappa shape index (κ2) is 6.47. The van der Waals surface area contributed by atoms with Crippen LogP contribution in [0.3, 0.4) is 0 Å². The van der Waals surface area contributed by atoms with Crippen LogP contribution in [0.25, 0.3) is 0 Å². The maximum Gasteiger partial charge on any atom is 0.247 e. The Morgan fingerprint density at radius 1 is 1.38 bits per heavy atom. The first-order valence-corrected chi connectivity index (χ1v) is 7.40. The van der Waals surface area contributed by atoms with Crippen LogP contribution in [0.1, 0.15) is 25.5 Å². The number of hydrogen-bond donors (Lipinski definition) is 1. The molecule has 0 aliphatic carbocycles. The molecular formula is C15H20N6. The zero-order chi connectivity index (χ0) is 14.5. The quantitative estimate of drug-likeness (QED) is 0.927. The molecule has 1 unspecified atom stereocenters. The van der Waals surface area contributed by atoms with Gasteiger partial charge >= 0.3 is 0 Å². The summed E-state index contributed by atoms with van der Waals surface area (Å²) in [7, 11) is 0. The summed E-state index contributed by atoms with van der Waals surface area (Å²) in [6, 6.07) is 5.86. The van der Waals surface area contributed by atoms with E-state index in [1.807, 2.05) is 18.2 Å². The fraction of sp³-hybridized carbons (Fsp3) is 0.467. The Kier molecular flexibility index (Phi) is 4.23. The highest BCUT2D eigenvalue weighted by Gasteiger charge is 2.19. The summed E-state index contributed by atoms with van der Waals surface area (Å²) in [5.41, 5.74) is 0.976. The molecule has 1 aliphatic heterocycles. The lowest BCUT2D eigenvalue weighted by Gasteiger charge is -2.30. The molecule has 0 spiro atoms. The molecule has 3 rings (SSSR count). The van der Waals surface area contributed by atoms with E-state index in [1.54, 1.807) is 12.4 Å². The molecule has 1 fully saturated rings. The number of rotatable bonds is 4. The lowest BCUT2D eigenvalue weighted by molar-refractivity contribution is 0.441. The fourth-order valence-corrected chi connectivity index (χ4v) is 2.57. The minimum absolute atomic E-state index is 0.634. The van der Waals surface area contributed by atoms with Crippen molar-refractivity contribution < 1.29 is 0 Å². The van der Waals surface area contributed by atoms with Gasteiger partial charge in [-0.05, 0) is 30.9 Å². The topological polar surface area (TPSA) is 66.8 Å². The van der Waals surface area contributed by atoms with E-state index >= 15 is 0 Å². The Morgan fingerprint density at radius 2 is 2.33 bits per heavy atom. The van der Waals surface area contributed by atoms with Crippen molar-refractivity contribution in [3.05, 3.63) is 36.3 Å². The molecule has 3 heterocycles. The van der Waals surface area contributed by atoms with Gasteiger partial charge in [-0.15, -0.1) is 5.10 Å². The van der Waals surface area contributed by atoms with Crippen LogP contribution < -0.4 is 10.2 Å². The average Bonchev–Trinajstić information content (AvgIpc) is 2.54. The van der Waals surface area contributed by atoms with Gasteiger partial charge in [0.25, 0.3) is 0 Å². The van der Waals surface area contributed by atoms with Crippen LogP contribution in [0.5, 0.6) is 0 Å². The molecule has 0 aromatic carbocycles. The molecule has 1 aliphatic rings. The minimum Gasteiger partial charge on any atom is -0.363 e. The molecule has 2 aromatic heterocycles. The zero-order valence-corrected chi connectivity index (χ0v) is 12.2. The second-order valence-corrected chi connectivity index (χ2v) is 5.51. The molecule has 1 N–H and O–H groups in total. The maximum atomic E-state index is 4.56. The fourth-order valence-electron chi connectivity index (χ4n) is 2.57. The molecule has 21 heavy (non-hydrogen) atoms. The van der Waals surface area contributed by atoms with Gasteiger partial charge in [-0.2, -0.15) is 10.1 Å². The number of nitrogens with one attached hydrogen (secondary N) is 1. The van der Waals surface area contributed by atoms with Gasteiger partial charge in [0.1, 0.15) is 0 Å². The zero-order valence-electron chi connectivity index (χ0n) is 12.2. The van der Waals surface area contributed by atoms with E-state index in [0.717, 1.165) is 24.6 Å². The van der Waals surface area contributed by atoms with E-state index in [9.17, 15) is 0 Å². The van der Waals surface area contributed by atoms with Crippen LogP contribution in [0.2, 0.25) is 0 Å². The second-order valence-electron chi connectivity index (χ2n) is 5.51. The molecule has 0 bridgehead atoms. The maximum absolute atomic E-state index is 4.56. The lowest BCUT2D eigenvalue weighted by Crippen LogP contribution is -2.35. The van der Waals surface area contributed by atoms with Crippen LogP contribution >= 0.6 is 0 Å². The Morgan fingerprint density at radius 3 is 3.14 bits per heavy atom. The minimum atomic E-state index is 0.634. The van der Waals surface area contributed by atoms with Crippen LogP contribution in [0, 0.1) is 5.92 Å². The molecular weight excluding hydrogens is 264 g/mol. The third-order valence-electron chi connectivity index (χ3n) is 3.66. The molecule has 2 aromatic rings. The van der Waals surface area contributed by atoms with E-state index < -0.39 is 0 Å². The molecule has 6 heteroatoms. The Balaban J connectivity index is 1.65. The first kappa shape index (κ1) is 13.7. The van der Waals surface area contributed by atoms with Gasteiger partial charge in [0.2, 0.25) is 5.95 Å². The van der Waals surface area contributed by atoms with E-state index in [-0.39, 0.29) is 0 Å². The Labute approximate surface area is 124 Å². The summed E-state index contributed by atoms with van der Waals surface area (Å²) in [5.74, 6) is 2.14. The molecule has 1 saturated heterocycles. The van der Waals surface area contributed by atoms with Crippen LogP contribution in [0.4, 0.5) is 11.8 Å². The van der Waals surface area contributed by atoms with Gasteiger partial charge < -0.3 is 10.2 Å². The van der Waals surface area contributed by atoms with E-state index in [1.165, 1.54) is 12.8 Å². The summed E-state index contributed by atoms with van der Waals surface area (Å²) in [6.45, 7) is 4.92. The van der Waals surface area contributed by atoms with E-state index in [0.29, 0.717) is 18.4 Å². The molecule has 6 nitrogen and oxygen atoms in total. The predicted molar refractivity (Wildman–Crippen MR) is 82.0 cm³/mol. The smallest absolute Gasteiger partial charge is 0.247 e. The highest BCUT2D eigenvalue weighted by Crippen LogP contribution is 2.20. The number of nitrogens with zero attached hydrogens (tertiary/aromatic N) is 5. The van der Waals surface area contributed by atoms with Gasteiger partial charge in [-0.3, -0.25) is 4.98 Å². The third-order valence-corrected chi connectivity index (χ3v) is 3.66. The van der Waals surface area contributed by atoms with Crippen molar-refractivity contribution in [1.29, 1.82) is 0 Å². The van der Waals surface area contributed by atoms with E-state index in [4.69, 9.17) is 0 Å². The van der Waals surface area contributed by atoms with Crippen LogP contribution in [-0.2, 0) is 6.54 Å². The van der Waals surface area contributed by atoms with E-state index in [2.05, 4.69) is 37.3 Å². The highest BCUT2D eigenvalue weighted by atomic mass is 15.3. The predicted octanol–water partition coefficient (Wildman–Crippen LogP) is 2.11. The summed E-state index contributed by atoms with van der Waals surface area (Å²) in [4.78, 5) is 11.1. The van der Waals surface area contributed by atoms with Gasteiger partial charge in [0.05, 0.1) is 18.4 Å². The summed E-state index contributed by atoms with van der Waals surface area (Å²) in [5, 5.41) is 11.5. The van der Waals surface area contributed by atoms with Crippen molar-refractivity contribution >= 4 is 11.8 Å². The van der Waals surface area contributed by atoms with Gasteiger partial charge in [-0.1, -0.05) is 13.0 Å². The average molecular weight is 284 g/mol. The lowest BCUT2D eigenvalue weighted by atomic mass is 10.0. The Hall–Kier alpha value is -2.24. The van der Waals surface area contributed by atoms with Gasteiger partial charge in [0.15, 0.2) is 5.82 Å². The molecule has 110 valence electrons. The largest absolute Gasteiger partial charge is 0.363 e. The molecule has 0 saturated carbocycles. The number of aromatic nitrogens is 4. The van der Waals surface area contributed by atoms with Gasteiger partial charge in [-0.25, -0.2) is 0 Å². The SMILES string of the molecule is CC1CCCN(c2nncc(NCc3ccccn3)n2)C1. The third kappa shape index (κ3) is 3.65. The van der Waals surface area contributed by atoms with Crippen molar-refractivity contribution in [2.24, 2.45) is 5.92 Å². The van der Waals surface area contributed by atoms with Crippen LogP contribution in [0.15, 0.2) is 30.6 Å².